The molecule has 38 heteroatoms. The van der Waals surface area contributed by atoms with Gasteiger partial charge in [0.2, 0.25) is 20.0 Å². The lowest BCUT2D eigenvalue weighted by atomic mass is 10.2. The number of terminal acetylenes is 2. The van der Waals surface area contributed by atoms with Crippen LogP contribution in [0.25, 0.3) is 43.5 Å². The van der Waals surface area contributed by atoms with Crippen LogP contribution in [0.3, 0.4) is 0 Å². The number of sulfonamides is 2. The number of nitrogens with one attached hydrogen (secondary N) is 8. The predicted molar refractivity (Wildman–Crippen MR) is 419 cm³/mol. The fraction of sp³-hybridized carbons (Fsp3) is 0.282. The summed E-state index contributed by atoms with van der Waals surface area (Å²) >= 11 is 9.66. The number of nitrogens with zero attached hydrogens (tertiary/aromatic N) is 13. The van der Waals surface area contributed by atoms with Crippen molar-refractivity contribution in [2.24, 2.45) is 12.2 Å². The van der Waals surface area contributed by atoms with E-state index in [1.165, 1.54) is 106 Å². The summed E-state index contributed by atoms with van der Waals surface area (Å²) in [6, 6.07) is 24.0. The van der Waals surface area contributed by atoms with Gasteiger partial charge < -0.3 is 30.7 Å². The van der Waals surface area contributed by atoms with Gasteiger partial charge in [0.25, 0.3) is 0 Å². The first-order valence-corrected chi connectivity index (χ1v) is 41.8. The topological polar surface area (TPSA) is 431 Å². The molecule has 564 valence electrons. The van der Waals surface area contributed by atoms with Gasteiger partial charge in [-0.15, -0.1) is 46.9 Å². The first-order valence-electron chi connectivity index (χ1n) is 34.0. The highest BCUT2D eigenvalue weighted by atomic mass is 35.5. The second-order valence-electron chi connectivity index (χ2n) is 26.0. The summed E-state index contributed by atoms with van der Waals surface area (Å²) in [7, 11) is -7.31. The number of primary sulfonamides is 1. The highest BCUT2D eigenvalue weighted by molar-refractivity contribution is 7.92. The number of hydrogen-bond acceptors (Lipinski definition) is 28. The molecule has 31 nitrogen and oxygen atoms in total. The summed E-state index contributed by atoms with van der Waals surface area (Å²) in [6.07, 6.45) is 28.8. The van der Waals surface area contributed by atoms with Gasteiger partial charge in [-0.3, -0.25) is 20.0 Å². The molecular weight excluding hydrogens is 1530 g/mol. The fourth-order valence-electron chi connectivity index (χ4n) is 11.1. The van der Waals surface area contributed by atoms with Crippen LogP contribution in [0, 0.1) is 31.6 Å². The minimum atomic E-state index is -3.73. The number of nitrogens with two attached hydrogens (primary N) is 1. The lowest BCUT2D eigenvalue weighted by Gasteiger charge is -2.09. The maximum absolute atomic E-state index is 12.6. The van der Waals surface area contributed by atoms with Crippen molar-refractivity contribution in [3.63, 3.8) is 0 Å². The Hall–Kier alpha value is -10.7. The van der Waals surface area contributed by atoms with E-state index in [1.807, 2.05) is 42.9 Å². The van der Waals surface area contributed by atoms with Gasteiger partial charge in [-0.05, 0) is 125 Å². The van der Waals surface area contributed by atoms with E-state index in [0.717, 1.165) is 56.0 Å². The van der Waals surface area contributed by atoms with Crippen LogP contribution >= 0.6 is 45.6 Å². The van der Waals surface area contributed by atoms with Crippen molar-refractivity contribution in [3.05, 3.63) is 159 Å². The maximum atomic E-state index is 12.6. The summed E-state index contributed by atoms with van der Waals surface area (Å²) in [6.45, 7) is 2.86. The molecule has 0 radical (unpaired) electrons. The third kappa shape index (κ3) is 18.7. The number of sulfone groups is 1. The second kappa shape index (κ2) is 31.9. The summed E-state index contributed by atoms with van der Waals surface area (Å²) in [5, 5.41) is 44.5. The highest BCUT2D eigenvalue weighted by Gasteiger charge is 2.31. The Bertz CT molecular complexity index is 5830. The van der Waals surface area contributed by atoms with Gasteiger partial charge in [0.15, 0.2) is 73.9 Å². The maximum Gasteiger partial charge on any atom is 0.348 e. The van der Waals surface area contributed by atoms with Gasteiger partial charge in [0.1, 0.15) is 24.1 Å². The molecule has 4 aliphatic carbocycles. The van der Waals surface area contributed by atoms with E-state index in [1.54, 1.807) is 61.1 Å². The lowest BCUT2D eigenvalue weighted by molar-refractivity contribution is 0.0606. The molecule has 11 aromatic heterocycles. The summed E-state index contributed by atoms with van der Waals surface area (Å²) in [5.41, 5.74) is 7.14. The molecule has 1 atom stereocenters. The van der Waals surface area contributed by atoms with Crippen LogP contribution in [0.4, 0.5) is 46.5 Å². The number of aromatic nitrogens is 16. The van der Waals surface area contributed by atoms with Crippen molar-refractivity contribution in [1.82, 2.24) is 85.0 Å². The van der Waals surface area contributed by atoms with Crippen LogP contribution in [-0.2, 0) is 46.4 Å². The van der Waals surface area contributed by atoms with E-state index in [2.05, 4.69) is 113 Å². The number of methoxy groups -OCH3 is 1. The molecule has 0 bridgehead atoms. The number of halogens is 1. The highest BCUT2D eigenvalue weighted by Crippen LogP contribution is 2.44. The van der Waals surface area contributed by atoms with Gasteiger partial charge in [0, 0.05) is 129 Å². The molecule has 1 unspecified atom stereocenters. The van der Waals surface area contributed by atoms with Gasteiger partial charge in [-0.1, -0.05) is 23.4 Å². The molecule has 1 aromatic carbocycles. The van der Waals surface area contributed by atoms with E-state index in [4.69, 9.17) is 39.1 Å². The third-order valence-corrected chi connectivity index (χ3v) is 25.6. The molecule has 17 rings (SSSR count). The fourth-order valence-corrected chi connectivity index (χ4v) is 16.9. The van der Waals surface area contributed by atoms with Crippen molar-refractivity contribution in [3.8, 4) is 68.2 Å². The SMILES string of the molecule is C#Cc1cnc(-c2ccc(C(=O)OC)s2)nc1Nc1cc(C2CC2)[nH]n1.C#Cc1cnc(-c2ccc(S(C)(=O)=O)cc2)nc1Nc1cc(C2CC2)[nH]n1.Cc1cnc(-c2ccc(S(N)(=O)=O)s2)nc1Nc1cc(C2CC2)n(C)n1.O=S(=O)(NC1CCOC1)c1ccc(-c2ncc(Cl)c(Nc3cc(C4CC4)[nH]n3)n2)s1.[HH].[HH]. The average molecular weight is 1610 g/mol. The minimum absolute atomic E-state index is 0. The zero-order valence-electron chi connectivity index (χ0n) is 58.6. The van der Waals surface area contributed by atoms with E-state index in [-0.39, 0.29) is 28.2 Å². The Balaban J connectivity index is 0.000000137. The first kappa shape index (κ1) is 75.1. The van der Waals surface area contributed by atoms with Crippen molar-refractivity contribution >= 4 is 128 Å². The Kier molecular flexibility index (Phi) is 21.9. The Morgan fingerprint density at radius 2 is 1.08 bits per heavy atom. The quantitative estimate of drug-likeness (QED) is 0.0225. The molecule has 10 N–H and O–H groups in total. The van der Waals surface area contributed by atoms with Crippen molar-refractivity contribution < 1.29 is 42.4 Å². The zero-order valence-corrected chi connectivity index (χ0v) is 64.3. The molecule has 1 aliphatic heterocycles. The Morgan fingerprint density at radius 1 is 0.606 bits per heavy atom. The van der Waals surface area contributed by atoms with E-state index in [0.29, 0.717) is 144 Å². The number of anilines is 8. The van der Waals surface area contributed by atoms with E-state index >= 15 is 0 Å². The molecule has 12 aromatic rings. The van der Waals surface area contributed by atoms with Crippen LogP contribution in [0.1, 0.15) is 133 Å². The number of H-pyrrole nitrogens is 3. The smallest absolute Gasteiger partial charge is 0.348 e. The molecule has 5 aliphatic rings. The van der Waals surface area contributed by atoms with Gasteiger partial charge >= 0.3 is 5.97 Å². The number of esters is 1. The monoisotopic (exact) mass is 1600 g/mol. The van der Waals surface area contributed by atoms with Gasteiger partial charge in [-0.2, -0.15) is 20.4 Å². The van der Waals surface area contributed by atoms with Crippen LogP contribution in [0.15, 0.2) is 123 Å². The molecule has 5 fully saturated rings. The lowest BCUT2D eigenvalue weighted by Crippen LogP contribution is -2.34. The number of rotatable bonds is 22. The number of ether oxygens (including phenoxy) is 2. The number of carbonyl (C=O) groups excluding carboxylic acids is 1. The standard InChI is InChI=1S/C19H17N5O2S.C18H19ClN6O3S2.C18H15N5O2S.C16H18N6O2S2.2H2/c1-3-12-11-20-18(14-6-8-15(9-7-14)27(2,25)26)22-19(12)21-17-10-16(23-24-17)13-4-5-13;19-12-8-20-18(22-17(12)21-15-7-13(23-24-15)10-1-2-10)14-3-4-16(29-14)30(26,27)25-11-5-6-28-9-11;1-3-10-9-19-17(13-6-7-14(26-13)18(24)25-2)21-16(10)20-15-8-12(22-23-15)11-4-5-11;1-9-8-18-16(12-5-6-14(25-12)26(17,23)24)20-15(9)19-13-7-11(10-3-4-10)22(2)21-13;;/h1,6-11,13H,4-5H2,2H3,(H2,20,21,22,23,24);3-4,7-8,10-11,25H,1-2,5-6,9H2,(H2,20,21,22,23,24);1,6-9,11H,4-5H2,2H3,(H2,19,20,21,22,23);5-8,10H,3-4H2,1-2H3,(H2,17,23,24)(H,18,19,20,21);2*1H. The van der Waals surface area contributed by atoms with Gasteiger partial charge in [-0.25, -0.2) is 79.8 Å². The van der Waals surface area contributed by atoms with Crippen LogP contribution < -0.4 is 31.1 Å². The van der Waals surface area contributed by atoms with Crippen LogP contribution in [0.2, 0.25) is 5.02 Å². The molecule has 1 saturated heterocycles. The first-order chi connectivity index (χ1) is 52.4. The normalized spacial score (nSPS) is 15.4. The second-order valence-corrected chi connectivity index (χ2v) is 35.4. The van der Waals surface area contributed by atoms with Crippen molar-refractivity contribution in [1.29, 1.82) is 0 Å². The minimum Gasteiger partial charge on any atom is -0.465 e. The predicted octanol–water partition coefficient (Wildman–Crippen LogP) is 12.5. The number of hydrogen-bond donors (Lipinski definition) is 9. The average Bonchev–Trinajstić information content (AvgIpc) is 1.67. The largest absolute Gasteiger partial charge is 0.465 e. The molecule has 0 amide bonds. The van der Waals surface area contributed by atoms with Crippen molar-refractivity contribution in [2.75, 3.05) is 47.8 Å². The molecule has 12 heterocycles. The Morgan fingerprint density at radius 3 is 1.60 bits per heavy atom. The Labute approximate surface area is 646 Å². The molecule has 0 spiro atoms. The molecule has 109 heavy (non-hydrogen) atoms. The molecule has 4 saturated carbocycles. The summed E-state index contributed by atoms with van der Waals surface area (Å²) in [5.74, 6) is 13.5. The number of aryl methyl sites for hydroxylation is 2. The zero-order chi connectivity index (χ0) is 76.3. The summed E-state index contributed by atoms with van der Waals surface area (Å²) < 4.78 is 86.2. The van der Waals surface area contributed by atoms with Crippen LogP contribution in [-0.4, -0.2) is 144 Å². The number of aromatic amines is 3. The van der Waals surface area contributed by atoms with Gasteiger partial charge in [0.05, 0.1) is 50.6 Å². The summed E-state index contributed by atoms with van der Waals surface area (Å²) in [4.78, 5) is 49.5. The van der Waals surface area contributed by atoms with E-state index < -0.39 is 29.9 Å². The third-order valence-electron chi connectivity index (χ3n) is 17.5. The van der Waals surface area contributed by atoms with E-state index in [9.17, 15) is 30.0 Å². The number of thiophene rings is 3. The van der Waals surface area contributed by atoms with Crippen molar-refractivity contribution in [2.45, 2.75) is 108 Å². The number of benzene rings is 1. The molecular formula is C71H73ClN22O9S6. The van der Waals surface area contributed by atoms with Crippen LogP contribution in [0.5, 0.6) is 0 Å². The number of carbonyl (C=O) groups is 1.